The Labute approximate surface area is 220 Å². The number of esters is 1. The van der Waals surface area contributed by atoms with Crippen molar-refractivity contribution in [3.8, 4) is 5.75 Å². The molecule has 0 atom stereocenters. The number of hydrogen-bond acceptors (Lipinski definition) is 8. The maximum absolute atomic E-state index is 13.2. The number of nitrogens with zero attached hydrogens (tertiary/aromatic N) is 4. The molecule has 3 aromatic rings. The number of fused-ring (bicyclic) bond motifs is 1. The van der Waals surface area contributed by atoms with Crippen molar-refractivity contribution >= 4 is 40.0 Å². The number of pyridine rings is 1. The Morgan fingerprint density at radius 1 is 1.11 bits per heavy atom. The van der Waals surface area contributed by atoms with Crippen molar-refractivity contribution in [3.63, 3.8) is 0 Å². The van der Waals surface area contributed by atoms with Crippen molar-refractivity contribution in [1.29, 1.82) is 0 Å². The minimum atomic E-state index is -0.610. The number of thiazole rings is 1. The fourth-order valence-corrected chi connectivity index (χ4v) is 5.29. The van der Waals surface area contributed by atoms with Crippen LogP contribution in [0.5, 0.6) is 5.75 Å². The minimum Gasteiger partial charge on any atom is -0.496 e. The molecule has 10 heteroatoms. The summed E-state index contributed by atoms with van der Waals surface area (Å²) in [6, 6.07) is 9.28. The van der Waals surface area contributed by atoms with Crippen molar-refractivity contribution in [2.45, 2.75) is 45.1 Å². The maximum Gasteiger partial charge on any atom is 0.326 e. The zero-order valence-corrected chi connectivity index (χ0v) is 22.6. The van der Waals surface area contributed by atoms with Crippen molar-refractivity contribution in [1.82, 2.24) is 19.8 Å². The Kier molecular flexibility index (Phi) is 7.77. The normalized spacial score (nSPS) is 14.5. The van der Waals surface area contributed by atoms with Crippen LogP contribution in [-0.2, 0) is 9.53 Å². The largest absolute Gasteiger partial charge is 0.496 e. The van der Waals surface area contributed by atoms with Crippen molar-refractivity contribution < 1.29 is 23.9 Å². The van der Waals surface area contributed by atoms with E-state index in [1.807, 2.05) is 24.3 Å². The fourth-order valence-electron chi connectivity index (χ4n) is 4.32. The van der Waals surface area contributed by atoms with Crippen LogP contribution in [0.2, 0.25) is 0 Å². The molecular formula is C27H32N4O5S. The number of amides is 2. The number of methoxy groups -OCH3 is 1. The van der Waals surface area contributed by atoms with Crippen molar-refractivity contribution in [2.75, 3.05) is 33.8 Å². The van der Waals surface area contributed by atoms with Gasteiger partial charge in [0.2, 0.25) is 0 Å². The highest BCUT2D eigenvalue weighted by Gasteiger charge is 2.29. The van der Waals surface area contributed by atoms with E-state index in [-0.39, 0.29) is 24.3 Å². The van der Waals surface area contributed by atoms with E-state index in [0.29, 0.717) is 30.2 Å². The Morgan fingerprint density at radius 3 is 2.49 bits per heavy atom. The number of rotatable bonds is 6. The Balaban J connectivity index is 1.36. The molecule has 9 nitrogen and oxygen atoms in total. The Hall–Kier alpha value is -3.53. The first kappa shape index (κ1) is 26.5. The number of piperidine rings is 1. The van der Waals surface area contributed by atoms with Gasteiger partial charge in [-0.2, -0.15) is 0 Å². The number of carbonyl (C=O) groups excluding carboxylic acids is 3. The van der Waals surface area contributed by atoms with E-state index in [2.05, 4.69) is 9.97 Å². The molecule has 2 aromatic heterocycles. The summed E-state index contributed by atoms with van der Waals surface area (Å²) in [7, 11) is 3.15. The van der Waals surface area contributed by atoms with E-state index >= 15 is 0 Å². The fraction of sp³-hybridized carbons (Fsp3) is 0.444. The number of hydrogen-bond donors (Lipinski definition) is 0. The molecule has 0 bridgehead atoms. The van der Waals surface area contributed by atoms with Crippen LogP contribution in [0.25, 0.3) is 10.9 Å². The van der Waals surface area contributed by atoms with Gasteiger partial charge in [0.05, 0.1) is 17.6 Å². The van der Waals surface area contributed by atoms with E-state index in [0.717, 1.165) is 28.8 Å². The predicted molar refractivity (Wildman–Crippen MR) is 141 cm³/mol. The molecule has 0 aliphatic carbocycles. The van der Waals surface area contributed by atoms with Crippen LogP contribution in [0.4, 0.5) is 0 Å². The minimum absolute atomic E-state index is 0.124. The van der Waals surface area contributed by atoms with Gasteiger partial charge in [0.25, 0.3) is 11.8 Å². The average molecular weight is 525 g/mol. The van der Waals surface area contributed by atoms with Gasteiger partial charge in [-0.15, -0.1) is 11.3 Å². The van der Waals surface area contributed by atoms with Gasteiger partial charge in [0.15, 0.2) is 0 Å². The highest BCUT2D eigenvalue weighted by Crippen LogP contribution is 2.32. The highest BCUT2D eigenvalue weighted by atomic mass is 32.1. The van der Waals surface area contributed by atoms with Gasteiger partial charge in [-0.05, 0) is 45.7 Å². The summed E-state index contributed by atoms with van der Waals surface area (Å²) < 4.78 is 10.8. The molecule has 196 valence electrons. The van der Waals surface area contributed by atoms with Crippen LogP contribution in [0.3, 0.4) is 0 Å². The lowest BCUT2D eigenvalue weighted by molar-refractivity contribution is -0.155. The van der Waals surface area contributed by atoms with Crippen LogP contribution >= 0.6 is 11.3 Å². The third-order valence-electron chi connectivity index (χ3n) is 6.12. The van der Waals surface area contributed by atoms with Gasteiger partial charge in [-0.25, -0.2) is 9.97 Å². The van der Waals surface area contributed by atoms with E-state index in [1.165, 1.54) is 16.2 Å². The number of ether oxygens (including phenoxy) is 2. The molecule has 0 N–H and O–H groups in total. The number of para-hydroxylation sites is 1. The first-order chi connectivity index (χ1) is 17.6. The van der Waals surface area contributed by atoms with E-state index < -0.39 is 11.6 Å². The molecule has 1 aliphatic rings. The molecule has 1 saturated heterocycles. The summed E-state index contributed by atoms with van der Waals surface area (Å²) in [5.74, 6) is -0.126. The van der Waals surface area contributed by atoms with Gasteiger partial charge in [-0.3, -0.25) is 14.4 Å². The summed E-state index contributed by atoms with van der Waals surface area (Å²) in [5, 5.41) is 3.46. The second-order valence-corrected chi connectivity index (χ2v) is 11.0. The predicted octanol–water partition coefficient (Wildman–Crippen LogP) is 4.13. The molecule has 1 aromatic carbocycles. The van der Waals surface area contributed by atoms with Gasteiger partial charge in [0, 0.05) is 42.9 Å². The molecule has 1 aliphatic heterocycles. The van der Waals surface area contributed by atoms with Crippen LogP contribution < -0.4 is 4.74 Å². The van der Waals surface area contributed by atoms with Gasteiger partial charge >= 0.3 is 5.97 Å². The standard InChI is InChI=1S/C27H32N4O5S/c1-27(2,3)36-23(32)15-30(4)25(33)21-16-37-24(29-21)17-10-12-31(13-11-17)26(34)20-14-22(35-5)18-8-6-7-9-19(18)28-20/h6-9,14,16-17H,10-13,15H2,1-5H3. The number of aromatic nitrogens is 2. The lowest BCUT2D eigenvalue weighted by atomic mass is 9.97. The lowest BCUT2D eigenvalue weighted by Crippen LogP contribution is -2.38. The summed E-state index contributed by atoms with van der Waals surface area (Å²) in [4.78, 5) is 50.3. The summed E-state index contributed by atoms with van der Waals surface area (Å²) >= 11 is 1.44. The third kappa shape index (κ3) is 6.25. The molecule has 0 unspecified atom stereocenters. The van der Waals surface area contributed by atoms with Crippen LogP contribution in [-0.4, -0.2) is 76.9 Å². The van der Waals surface area contributed by atoms with E-state index in [4.69, 9.17) is 9.47 Å². The van der Waals surface area contributed by atoms with Crippen LogP contribution in [0.15, 0.2) is 35.7 Å². The second-order valence-electron chi connectivity index (χ2n) is 10.1. The lowest BCUT2D eigenvalue weighted by Gasteiger charge is -2.31. The molecule has 2 amide bonds. The molecule has 4 rings (SSSR count). The molecule has 1 fully saturated rings. The third-order valence-corrected chi connectivity index (χ3v) is 7.13. The second kappa shape index (κ2) is 10.8. The van der Waals surface area contributed by atoms with Crippen molar-refractivity contribution in [3.05, 3.63) is 52.1 Å². The highest BCUT2D eigenvalue weighted by molar-refractivity contribution is 7.09. The molecular weight excluding hydrogens is 492 g/mol. The molecule has 37 heavy (non-hydrogen) atoms. The van der Waals surface area contributed by atoms with Gasteiger partial charge in [0.1, 0.15) is 29.3 Å². The van der Waals surface area contributed by atoms with E-state index in [9.17, 15) is 14.4 Å². The Bertz CT molecular complexity index is 1310. The number of likely N-dealkylation sites (N-methyl/N-ethyl adjacent to an activating group) is 1. The van der Waals surface area contributed by atoms with Gasteiger partial charge in [-0.1, -0.05) is 12.1 Å². The maximum atomic E-state index is 13.2. The zero-order chi connectivity index (χ0) is 26.7. The molecule has 0 radical (unpaired) electrons. The SMILES string of the molecule is COc1cc(C(=O)N2CCC(c3nc(C(=O)N(C)CC(=O)OC(C)(C)C)cs3)CC2)nc2ccccc12. The first-order valence-electron chi connectivity index (χ1n) is 12.2. The first-order valence-corrected chi connectivity index (χ1v) is 13.1. The summed E-state index contributed by atoms with van der Waals surface area (Å²) in [6.07, 6.45) is 1.48. The topological polar surface area (TPSA) is 102 Å². The monoisotopic (exact) mass is 524 g/mol. The number of likely N-dealkylation sites (tertiary alicyclic amines) is 1. The molecule has 0 saturated carbocycles. The quantitative estimate of drug-likeness (QED) is 0.447. The smallest absolute Gasteiger partial charge is 0.326 e. The Morgan fingerprint density at radius 2 is 1.81 bits per heavy atom. The van der Waals surface area contributed by atoms with Crippen LogP contribution in [0.1, 0.15) is 65.5 Å². The van der Waals surface area contributed by atoms with Crippen LogP contribution in [0, 0.1) is 0 Å². The van der Waals surface area contributed by atoms with Gasteiger partial charge < -0.3 is 19.3 Å². The van der Waals surface area contributed by atoms with E-state index in [1.54, 1.807) is 51.3 Å². The zero-order valence-electron chi connectivity index (χ0n) is 21.8. The summed E-state index contributed by atoms with van der Waals surface area (Å²) in [6.45, 7) is 6.36. The van der Waals surface area contributed by atoms with Crippen molar-refractivity contribution in [2.24, 2.45) is 0 Å². The average Bonchev–Trinajstić information content (AvgIpc) is 3.36. The molecule has 3 heterocycles. The number of benzene rings is 1. The number of carbonyl (C=O) groups is 3. The molecule has 0 spiro atoms. The summed E-state index contributed by atoms with van der Waals surface area (Å²) in [5.41, 5.74) is 0.791.